The summed E-state index contributed by atoms with van der Waals surface area (Å²) in [5.74, 6) is -2.83. The molecule has 0 amide bonds. The van der Waals surface area contributed by atoms with Crippen LogP contribution in [0.3, 0.4) is 0 Å². The molecule has 124 valence electrons. The van der Waals surface area contributed by atoms with Crippen LogP contribution in [0, 0.1) is 0 Å². The van der Waals surface area contributed by atoms with E-state index in [9.17, 15) is 0 Å². The van der Waals surface area contributed by atoms with Crippen LogP contribution in [0.5, 0.6) is 0 Å². The normalized spacial score (nSPS) is 19.0. The number of ether oxygens (including phenoxy) is 1. The van der Waals surface area contributed by atoms with Gasteiger partial charge in [0.2, 0.25) is 6.29 Å². The van der Waals surface area contributed by atoms with Gasteiger partial charge in [-0.25, -0.2) is 0 Å². The highest BCUT2D eigenvalue weighted by molar-refractivity contribution is 5.63. The lowest BCUT2D eigenvalue weighted by atomic mass is 10.2. The summed E-state index contributed by atoms with van der Waals surface area (Å²) in [4.78, 5) is 27.0. The smallest absolute Gasteiger partial charge is 0.300 e. The number of aliphatic carboxylic acids is 3. The molecule has 1 heterocycles. The van der Waals surface area contributed by atoms with E-state index in [4.69, 9.17) is 45.0 Å². The van der Waals surface area contributed by atoms with E-state index >= 15 is 0 Å². The molecule has 2 atom stereocenters. The average molecular weight is 312 g/mol. The molecule has 1 rings (SSSR count). The molecule has 0 bridgehead atoms. The second-order valence-electron chi connectivity index (χ2n) is 3.40. The molecular weight excluding hydrogens is 292 g/mol. The van der Waals surface area contributed by atoms with E-state index in [0.29, 0.717) is 0 Å². The maximum Gasteiger partial charge on any atom is 0.300 e. The summed E-state index contributed by atoms with van der Waals surface area (Å²) in [6.45, 7) is 3.28. The molecule has 1 aliphatic rings. The second kappa shape index (κ2) is 14.2. The number of carbonyl (C=O) groups is 3. The van der Waals surface area contributed by atoms with Crippen LogP contribution < -0.4 is 0 Å². The van der Waals surface area contributed by atoms with Gasteiger partial charge in [-0.15, -0.1) is 0 Å². The van der Waals surface area contributed by atoms with Crippen LogP contribution in [0.2, 0.25) is 0 Å². The van der Waals surface area contributed by atoms with Gasteiger partial charge in [-0.1, -0.05) is 0 Å². The zero-order chi connectivity index (χ0) is 17.6. The Hall–Kier alpha value is -2.17. The predicted molar refractivity (Wildman–Crippen MR) is 68.6 cm³/mol. The molecular formula is C11H20O10. The third kappa shape index (κ3) is 38.1. The summed E-state index contributed by atoms with van der Waals surface area (Å²) in [5, 5.41) is 48.3. The summed E-state index contributed by atoms with van der Waals surface area (Å²) in [6, 6.07) is 0. The fourth-order valence-electron chi connectivity index (χ4n) is 0.603. The van der Waals surface area contributed by atoms with Crippen LogP contribution in [0.25, 0.3) is 0 Å². The number of aliphatic hydroxyl groups excluding tert-OH is 3. The predicted octanol–water partition coefficient (Wildman–Crippen LogP) is -0.589. The number of hydrogen-bond donors (Lipinski definition) is 6. The van der Waals surface area contributed by atoms with Gasteiger partial charge in [0, 0.05) is 20.8 Å². The first-order valence-electron chi connectivity index (χ1n) is 5.37. The minimum absolute atomic E-state index is 0.0330. The third-order valence-corrected chi connectivity index (χ3v) is 1.04. The van der Waals surface area contributed by atoms with E-state index in [1.54, 1.807) is 0 Å². The molecule has 0 aromatic heterocycles. The summed E-state index contributed by atoms with van der Waals surface area (Å²) < 4.78 is 4.49. The van der Waals surface area contributed by atoms with Gasteiger partial charge < -0.3 is 35.4 Å². The standard InChI is InChI=1S/C5H8O4.3C2H4O2/c6-3-1-4(7)5(8)9-2-3;3*1-2(3)4/h1,3,5-8H,2H2;3*1H3,(H,3,4). The summed E-state index contributed by atoms with van der Waals surface area (Å²) in [5.41, 5.74) is 0. The summed E-state index contributed by atoms with van der Waals surface area (Å²) >= 11 is 0. The lowest BCUT2D eigenvalue weighted by Crippen LogP contribution is -2.28. The van der Waals surface area contributed by atoms with Crippen molar-refractivity contribution in [1.29, 1.82) is 0 Å². The van der Waals surface area contributed by atoms with E-state index in [1.807, 2.05) is 0 Å². The molecule has 21 heavy (non-hydrogen) atoms. The van der Waals surface area contributed by atoms with E-state index in [-0.39, 0.29) is 12.4 Å². The Kier molecular flexibility index (Phi) is 16.2. The van der Waals surface area contributed by atoms with Crippen LogP contribution in [-0.2, 0) is 19.1 Å². The Morgan fingerprint density at radius 2 is 1.29 bits per heavy atom. The van der Waals surface area contributed by atoms with Gasteiger partial charge in [0.15, 0.2) is 0 Å². The van der Waals surface area contributed by atoms with Gasteiger partial charge in [0.25, 0.3) is 17.9 Å². The second-order valence-corrected chi connectivity index (χ2v) is 3.40. The molecule has 1 aliphatic heterocycles. The van der Waals surface area contributed by atoms with Crippen LogP contribution in [0.4, 0.5) is 0 Å². The van der Waals surface area contributed by atoms with Crippen molar-refractivity contribution in [2.24, 2.45) is 0 Å². The van der Waals surface area contributed by atoms with Gasteiger partial charge in [0.05, 0.1) is 12.7 Å². The van der Waals surface area contributed by atoms with Crippen molar-refractivity contribution in [2.75, 3.05) is 6.61 Å². The van der Waals surface area contributed by atoms with Gasteiger partial charge in [0.1, 0.15) is 5.76 Å². The molecule has 0 aromatic carbocycles. The van der Waals surface area contributed by atoms with E-state index in [0.717, 1.165) is 26.8 Å². The minimum atomic E-state index is -1.26. The molecule has 10 heteroatoms. The fourth-order valence-corrected chi connectivity index (χ4v) is 0.603. The van der Waals surface area contributed by atoms with Crippen LogP contribution >= 0.6 is 0 Å². The summed E-state index contributed by atoms with van der Waals surface area (Å²) in [7, 11) is 0. The van der Waals surface area contributed by atoms with Crippen molar-refractivity contribution >= 4 is 17.9 Å². The highest BCUT2D eigenvalue weighted by Crippen LogP contribution is 2.08. The van der Waals surface area contributed by atoms with E-state index < -0.39 is 30.3 Å². The first-order chi connectivity index (χ1) is 9.39. The lowest BCUT2D eigenvalue weighted by Gasteiger charge is -2.18. The molecule has 0 fully saturated rings. The monoisotopic (exact) mass is 312 g/mol. The van der Waals surface area contributed by atoms with Crippen LogP contribution in [-0.4, -0.2) is 67.5 Å². The number of aliphatic hydroxyl groups is 3. The number of hydrogen-bond acceptors (Lipinski definition) is 7. The molecule has 0 saturated carbocycles. The summed E-state index contributed by atoms with van der Waals surface area (Å²) in [6.07, 6.45) is -0.907. The van der Waals surface area contributed by atoms with Crippen molar-refractivity contribution in [3.63, 3.8) is 0 Å². The first-order valence-corrected chi connectivity index (χ1v) is 5.37. The lowest BCUT2D eigenvalue weighted by molar-refractivity contribution is -0.135. The van der Waals surface area contributed by atoms with Crippen molar-refractivity contribution in [1.82, 2.24) is 0 Å². The Morgan fingerprint density at radius 3 is 1.48 bits per heavy atom. The van der Waals surface area contributed by atoms with Crippen LogP contribution in [0.1, 0.15) is 20.8 Å². The molecule has 0 saturated heterocycles. The Morgan fingerprint density at radius 1 is 1.00 bits per heavy atom. The molecule has 0 aromatic rings. The largest absolute Gasteiger partial charge is 0.507 e. The maximum absolute atomic E-state index is 9.00. The van der Waals surface area contributed by atoms with Gasteiger partial charge in [-0.3, -0.25) is 14.4 Å². The van der Waals surface area contributed by atoms with Crippen molar-refractivity contribution in [2.45, 2.75) is 33.2 Å². The third-order valence-electron chi connectivity index (χ3n) is 1.04. The topological polar surface area (TPSA) is 182 Å². The van der Waals surface area contributed by atoms with E-state index in [2.05, 4.69) is 4.74 Å². The number of carboxylic acid groups (broad SMARTS) is 3. The minimum Gasteiger partial charge on any atom is -0.507 e. The SMILES string of the molecule is CC(=O)O.CC(=O)O.CC(=O)O.OC1=CC(O)COC1O. The average Bonchev–Trinajstić information content (AvgIpc) is 2.21. The number of carboxylic acids is 3. The molecule has 2 unspecified atom stereocenters. The quantitative estimate of drug-likeness (QED) is 0.338. The highest BCUT2D eigenvalue weighted by Gasteiger charge is 2.18. The van der Waals surface area contributed by atoms with Crippen molar-refractivity contribution in [3.8, 4) is 0 Å². The van der Waals surface area contributed by atoms with Gasteiger partial charge >= 0.3 is 0 Å². The molecule has 0 spiro atoms. The fraction of sp³-hybridized carbons (Fsp3) is 0.545. The zero-order valence-corrected chi connectivity index (χ0v) is 11.8. The van der Waals surface area contributed by atoms with Gasteiger partial charge in [-0.2, -0.15) is 0 Å². The Bertz CT molecular complexity index is 308. The molecule has 6 N–H and O–H groups in total. The zero-order valence-electron chi connectivity index (χ0n) is 11.8. The molecule has 10 nitrogen and oxygen atoms in total. The first kappa shape index (κ1) is 23.9. The maximum atomic E-state index is 9.00. The van der Waals surface area contributed by atoms with Crippen molar-refractivity contribution < 1.29 is 49.8 Å². The van der Waals surface area contributed by atoms with Crippen LogP contribution in [0.15, 0.2) is 11.8 Å². The molecule has 0 radical (unpaired) electrons. The van der Waals surface area contributed by atoms with E-state index in [1.165, 1.54) is 0 Å². The Balaban J connectivity index is -0.000000230. The molecule has 0 aliphatic carbocycles. The Labute approximate surface area is 120 Å². The highest BCUT2D eigenvalue weighted by atomic mass is 16.6. The van der Waals surface area contributed by atoms with Crippen molar-refractivity contribution in [3.05, 3.63) is 11.8 Å². The van der Waals surface area contributed by atoms with Gasteiger partial charge in [-0.05, 0) is 6.08 Å². The number of rotatable bonds is 0.